The fourth-order valence-corrected chi connectivity index (χ4v) is 4.56. The lowest BCUT2D eigenvalue weighted by Crippen LogP contribution is -2.14. The second-order valence-corrected chi connectivity index (χ2v) is 13.2. The number of aliphatic hydroxyl groups excluding tert-OH is 3. The predicted molar refractivity (Wildman–Crippen MR) is 175 cm³/mol. The molecule has 16 heteroatoms. The van der Waals surface area contributed by atoms with Crippen LogP contribution < -0.4 is 0 Å². The van der Waals surface area contributed by atoms with Crippen molar-refractivity contribution in [2.45, 2.75) is 23.6 Å². The molecule has 0 heterocycles. The Morgan fingerprint density at radius 2 is 0.723 bits per heavy atom. The Kier molecular flexibility index (Phi) is 27.6. The van der Waals surface area contributed by atoms with Gasteiger partial charge in [0.15, 0.2) is 9.84 Å². The fourth-order valence-electron chi connectivity index (χ4n) is 3.04. The third-order valence-electron chi connectivity index (χ3n) is 5.42. The molecule has 0 aliphatic rings. The minimum atomic E-state index is -3.74. The van der Waals surface area contributed by atoms with Gasteiger partial charge in [-0.25, -0.2) is 8.42 Å². The first-order valence-corrected chi connectivity index (χ1v) is 18.3. The summed E-state index contributed by atoms with van der Waals surface area (Å²) in [6.07, 6.45) is 1.21. The van der Waals surface area contributed by atoms with Gasteiger partial charge in [-0.3, -0.25) is 4.18 Å². The van der Waals surface area contributed by atoms with Crippen LogP contribution in [0.4, 0.5) is 0 Å². The number of ether oxygens (including phenoxy) is 6. The third-order valence-corrected chi connectivity index (χ3v) is 7.87. The monoisotopic (exact) mass is 712 g/mol. The van der Waals surface area contributed by atoms with Crippen molar-refractivity contribution in [3.8, 4) is 0 Å². The average Bonchev–Trinajstić information content (AvgIpc) is 3.03. The third kappa shape index (κ3) is 26.6. The molecule has 0 radical (unpaired) electrons. The number of benzene rings is 2. The Balaban J connectivity index is 0.000000744. The molecule has 0 saturated carbocycles. The van der Waals surface area contributed by atoms with Gasteiger partial charge in [-0.1, -0.05) is 35.4 Å². The highest BCUT2D eigenvalue weighted by Gasteiger charge is 2.14. The molecule has 47 heavy (non-hydrogen) atoms. The van der Waals surface area contributed by atoms with Gasteiger partial charge in [0.1, 0.15) is 0 Å². The van der Waals surface area contributed by atoms with Gasteiger partial charge in [0.05, 0.1) is 116 Å². The van der Waals surface area contributed by atoms with Crippen LogP contribution >= 0.6 is 0 Å². The van der Waals surface area contributed by atoms with E-state index in [9.17, 15) is 16.8 Å². The van der Waals surface area contributed by atoms with E-state index in [1.165, 1.54) is 18.4 Å². The number of aliphatic hydroxyl groups is 3. The van der Waals surface area contributed by atoms with Crippen LogP contribution in [-0.4, -0.2) is 144 Å². The first kappa shape index (κ1) is 44.9. The molecule has 2 aromatic rings. The van der Waals surface area contributed by atoms with Crippen molar-refractivity contribution in [1.82, 2.24) is 0 Å². The molecule has 0 fully saturated rings. The molecule has 0 atom stereocenters. The highest BCUT2D eigenvalue weighted by molar-refractivity contribution is 7.90. The zero-order valence-corrected chi connectivity index (χ0v) is 29.2. The van der Waals surface area contributed by atoms with Gasteiger partial charge >= 0.3 is 0 Å². The normalized spacial score (nSPS) is 11.4. The standard InChI is InChI=1S/C15H24O7S.C8H18O5.C8H10O2S/c1-14-2-4-15(5-3-14)23(17,18)22-13-12-21-11-10-20-9-8-19-7-6-16;9-1-3-11-5-7-13-8-6-12-4-2-10;1-7-3-5-8(6-4-7)11(2,9)10/h2-5,16H,6-13H2,1H3;9-10H,1-8H2;3-6H,1-2H3. The van der Waals surface area contributed by atoms with Crippen LogP contribution in [0.5, 0.6) is 0 Å². The van der Waals surface area contributed by atoms with E-state index < -0.39 is 20.0 Å². The Labute approximate surface area is 279 Å². The van der Waals surface area contributed by atoms with Crippen molar-refractivity contribution >= 4 is 20.0 Å². The van der Waals surface area contributed by atoms with E-state index in [2.05, 4.69) is 0 Å². The van der Waals surface area contributed by atoms with Crippen LogP contribution in [0.2, 0.25) is 0 Å². The molecule has 0 bridgehead atoms. The van der Waals surface area contributed by atoms with E-state index in [0.29, 0.717) is 77.6 Å². The summed E-state index contributed by atoms with van der Waals surface area (Å²) in [6.45, 7) is 8.53. The van der Waals surface area contributed by atoms with Gasteiger partial charge in [-0.05, 0) is 38.1 Å². The summed E-state index contributed by atoms with van der Waals surface area (Å²) in [6, 6.07) is 13.3. The lowest BCUT2D eigenvalue weighted by atomic mass is 10.2. The summed E-state index contributed by atoms with van der Waals surface area (Å²) >= 11 is 0. The van der Waals surface area contributed by atoms with Gasteiger partial charge in [0, 0.05) is 6.26 Å². The molecular weight excluding hydrogens is 660 g/mol. The van der Waals surface area contributed by atoms with E-state index in [4.69, 9.17) is 47.9 Å². The van der Waals surface area contributed by atoms with Crippen molar-refractivity contribution in [3.05, 3.63) is 59.7 Å². The van der Waals surface area contributed by atoms with Gasteiger partial charge in [-0.2, -0.15) is 8.42 Å². The average molecular weight is 713 g/mol. The Hall–Kier alpha value is -2.06. The second-order valence-electron chi connectivity index (χ2n) is 9.52. The molecule has 0 unspecified atom stereocenters. The maximum Gasteiger partial charge on any atom is 0.297 e. The molecule has 0 aliphatic carbocycles. The van der Waals surface area contributed by atoms with E-state index in [1.807, 2.05) is 13.8 Å². The van der Waals surface area contributed by atoms with Gasteiger partial charge in [0.2, 0.25) is 0 Å². The summed E-state index contributed by atoms with van der Waals surface area (Å²) < 4.78 is 81.0. The highest BCUT2D eigenvalue weighted by Crippen LogP contribution is 2.13. The minimum absolute atomic E-state index is 0.00535. The minimum Gasteiger partial charge on any atom is -0.394 e. The van der Waals surface area contributed by atoms with Crippen molar-refractivity contribution in [2.75, 3.05) is 112 Å². The van der Waals surface area contributed by atoms with E-state index in [-0.39, 0.29) is 37.9 Å². The van der Waals surface area contributed by atoms with Crippen molar-refractivity contribution < 1.29 is 64.8 Å². The molecule has 2 aromatic carbocycles. The zero-order valence-electron chi connectivity index (χ0n) is 27.6. The van der Waals surface area contributed by atoms with Crippen LogP contribution in [0.3, 0.4) is 0 Å². The second kappa shape index (κ2) is 28.9. The van der Waals surface area contributed by atoms with Crippen LogP contribution in [0.25, 0.3) is 0 Å². The largest absolute Gasteiger partial charge is 0.394 e. The summed E-state index contributed by atoms with van der Waals surface area (Å²) in [5, 5.41) is 25.2. The number of aryl methyl sites for hydroxylation is 2. The van der Waals surface area contributed by atoms with Crippen molar-refractivity contribution in [3.63, 3.8) is 0 Å². The first-order valence-electron chi connectivity index (χ1n) is 15.0. The SMILES string of the molecule is Cc1ccc(S(=O)(=O)OCCOCCOCCOCCO)cc1.Cc1ccc(S(C)(=O)=O)cc1.OCCOCCOCCOCCO. The molecule has 0 aliphatic heterocycles. The maximum atomic E-state index is 11.9. The molecule has 272 valence electrons. The van der Waals surface area contributed by atoms with E-state index >= 15 is 0 Å². The quantitative estimate of drug-likeness (QED) is 0.104. The summed E-state index contributed by atoms with van der Waals surface area (Å²) in [7, 11) is -6.76. The van der Waals surface area contributed by atoms with Gasteiger partial charge in [0.25, 0.3) is 10.1 Å². The summed E-state index contributed by atoms with van der Waals surface area (Å²) in [5.41, 5.74) is 2.05. The van der Waals surface area contributed by atoms with E-state index in [1.54, 1.807) is 36.4 Å². The summed E-state index contributed by atoms with van der Waals surface area (Å²) in [4.78, 5) is 0.511. The van der Waals surface area contributed by atoms with Gasteiger partial charge in [-0.15, -0.1) is 0 Å². The lowest BCUT2D eigenvalue weighted by molar-refractivity contribution is 0.00230. The van der Waals surface area contributed by atoms with Crippen molar-refractivity contribution in [2.24, 2.45) is 0 Å². The van der Waals surface area contributed by atoms with Crippen LogP contribution in [0.15, 0.2) is 58.3 Å². The Morgan fingerprint density at radius 1 is 0.447 bits per heavy atom. The highest BCUT2D eigenvalue weighted by atomic mass is 32.2. The smallest absolute Gasteiger partial charge is 0.297 e. The summed E-state index contributed by atoms with van der Waals surface area (Å²) in [5.74, 6) is 0. The molecule has 0 spiro atoms. The van der Waals surface area contributed by atoms with Crippen molar-refractivity contribution in [1.29, 1.82) is 0 Å². The Morgan fingerprint density at radius 3 is 1.02 bits per heavy atom. The topological polar surface area (TPSA) is 194 Å². The molecular formula is C31H52O14S2. The molecule has 0 saturated heterocycles. The van der Waals surface area contributed by atoms with Crippen LogP contribution in [0.1, 0.15) is 11.1 Å². The van der Waals surface area contributed by atoms with Gasteiger partial charge < -0.3 is 43.7 Å². The number of sulfone groups is 1. The molecule has 0 amide bonds. The first-order chi connectivity index (χ1) is 22.5. The zero-order chi connectivity index (χ0) is 35.2. The number of rotatable bonds is 24. The Bertz CT molecular complexity index is 1200. The molecule has 14 nitrogen and oxygen atoms in total. The predicted octanol–water partition coefficient (Wildman–Crippen LogP) is 1.16. The van der Waals surface area contributed by atoms with Crippen LogP contribution in [0, 0.1) is 13.8 Å². The molecule has 0 aromatic heterocycles. The molecule has 3 N–H and O–H groups in total. The number of hydrogen-bond acceptors (Lipinski definition) is 14. The molecule has 2 rings (SSSR count). The number of hydrogen-bond donors (Lipinski definition) is 3. The lowest BCUT2D eigenvalue weighted by Gasteiger charge is -2.08. The maximum absolute atomic E-state index is 11.9. The van der Waals surface area contributed by atoms with E-state index in [0.717, 1.165) is 11.1 Å². The van der Waals surface area contributed by atoms with Crippen LogP contribution in [-0.2, 0) is 52.6 Å². The fraction of sp³-hybridized carbons (Fsp3) is 0.613.